The van der Waals surface area contributed by atoms with Gasteiger partial charge in [-0.3, -0.25) is 4.68 Å². The summed E-state index contributed by atoms with van der Waals surface area (Å²) in [5, 5.41) is 7.32. The molecule has 114 valence electrons. The third-order valence-electron chi connectivity index (χ3n) is 3.85. The molecule has 1 N–H and O–H groups in total. The molecular formula is C13H22BrN3O2S. The Bertz CT molecular complexity index is 556. The van der Waals surface area contributed by atoms with E-state index in [1.54, 1.807) is 6.20 Å². The Hall–Kier alpha value is -0.400. The molecule has 0 bridgehead atoms. The molecule has 1 saturated heterocycles. The van der Waals surface area contributed by atoms with Gasteiger partial charge in [-0.15, -0.1) is 0 Å². The van der Waals surface area contributed by atoms with Crippen molar-refractivity contribution in [2.24, 2.45) is 0 Å². The molecule has 2 rings (SSSR count). The van der Waals surface area contributed by atoms with Crippen molar-refractivity contribution >= 4 is 25.8 Å². The molecule has 1 aliphatic rings. The number of sulfone groups is 1. The van der Waals surface area contributed by atoms with Gasteiger partial charge >= 0.3 is 0 Å². The maximum absolute atomic E-state index is 12.4. The van der Waals surface area contributed by atoms with Crippen molar-refractivity contribution in [3.8, 4) is 0 Å². The summed E-state index contributed by atoms with van der Waals surface area (Å²) in [5.41, 5.74) is 0.949. The fraction of sp³-hybridized carbons (Fsp3) is 0.769. The lowest BCUT2D eigenvalue weighted by Crippen LogP contribution is -2.41. The molecule has 5 nitrogen and oxygen atoms in total. The van der Waals surface area contributed by atoms with Crippen molar-refractivity contribution < 1.29 is 8.42 Å². The normalized spacial score (nSPS) is 23.6. The van der Waals surface area contributed by atoms with Crippen LogP contribution < -0.4 is 5.32 Å². The highest BCUT2D eigenvalue weighted by atomic mass is 79.9. The van der Waals surface area contributed by atoms with Crippen molar-refractivity contribution in [1.29, 1.82) is 0 Å². The Morgan fingerprint density at radius 1 is 1.50 bits per heavy atom. The SMILES string of the molecule is CCNC(c1c(Br)cnn1CC)C1CCCCS1(=O)=O. The summed E-state index contributed by atoms with van der Waals surface area (Å²) < 4.78 is 27.6. The molecule has 2 unspecified atom stereocenters. The van der Waals surface area contributed by atoms with Gasteiger partial charge in [0.1, 0.15) is 0 Å². The fourth-order valence-electron chi connectivity index (χ4n) is 2.91. The van der Waals surface area contributed by atoms with Gasteiger partial charge in [-0.2, -0.15) is 5.10 Å². The van der Waals surface area contributed by atoms with Gasteiger partial charge in [0.25, 0.3) is 0 Å². The Labute approximate surface area is 129 Å². The second-order valence-corrected chi connectivity index (χ2v) is 8.32. The minimum absolute atomic E-state index is 0.192. The first-order chi connectivity index (χ1) is 9.51. The average Bonchev–Trinajstić information content (AvgIpc) is 2.77. The van der Waals surface area contributed by atoms with Crippen LogP contribution in [0.5, 0.6) is 0 Å². The Balaban J connectivity index is 2.42. The molecule has 1 aromatic heterocycles. The number of hydrogen-bond acceptors (Lipinski definition) is 4. The van der Waals surface area contributed by atoms with E-state index in [4.69, 9.17) is 0 Å². The second-order valence-electron chi connectivity index (χ2n) is 5.13. The molecule has 7 heteroatoms. The molecule has 0 aromatic carbocycles. The van der Waals surface area contributed by atoms with E-state index < -0.39 is 9.84 Å². The van der Waals surface area contributed by atoms with Gasteiger partial charge < -0.3 is 5.32 Å². The minimum atomic E-state index is -3.04. The number of halogens is 1. The first kappa shape index (κ1) is 16.0. The molecule has 0 spiro atoms. The lowest BCUT2D eigenvalue weighted by molar-refractivity contribution is 0.427. The standard InChI is InChI=1S/C13H22BrN3O2S/c1-3-15-12(11-7-5-6-8-20(11,18)19)13-10(14)9-16-17(13)4-2/h9,11-12,15H,3-8H2,1-2H3. The lowest BCUT2D eigenvalue weighted by atomic mass is 10.0. The summed E-state index contributed by atoms with van der Waals surface area (Å²) in [4.78, 5) is 0. The monoisotopic (exact) mass is 363 g/mol. The van der Waals surface area contributed by atoms with E-state index >= 15 is 0 Å². The van der Waals surface area contributed by atoms with Crippen LogP contribution in [-0.4, -0.2) is 35.7 Å². The maximum atomic E-state index is 12.4. The molecular weight excluding hydrogens is 342 g/mol. The van der Waals surface area contributed by atoms with Gasteiger partial charge in [0.15, 0.2) is 9.84 Å². The fourth-order valence-corrected chi connectivity index (χ4v) is 5.53. The number of aromatic nitrogens is 2. The molecule has 2 heterocycles. The zero-order valence-corrected chi connectivity index (χ0v) is 14.4. The van der Waals surface area contributed by atoms with Crippen LogP contribution in [-0.2, 0) is 16.4 Å². The molecule has 20 heavy (non-hydrogen) atoms. The van der Waals surface area contributed by atoms with Crippen LogP contribution in [0.4, 0.5) is 0 Å². The summed E-state index contributed by atoms with van der Waals surface area (Å²) in [5.74, 6) is 0.303. The van der Waals surface area contributed by atoms with Crippen molar-refractivity contribution in [1.82, 2.24) is 15.1 Å². The van der Waals surface area contributed by atoms with Crippen molar-refractivity contribution in [2.45, 2.75) is 50.9 Å². The number of nitrogens with zero attached hydrogens (tertiary/aromatic N) is 2. The van der Waals surface area contributed by atoms with Gasteiger partial charge in [-0.1, -0.05) is 13.3 Å². The second kappa shape index (κ2) is 6.58. The highest BCUT2D eigenvalue weighted by Gasteiger charge is 2.38. The Kier molecular flexibility index (Phi) is 5.25. The zero-order chi connectivity index (χ0) is 14.8. The van der Waals surface area contributed by atoms with E-state index in [0.29, 0.717) is 5.75 Å². The minimum Gasteiger partial charge on any atom is -0.308 e. The van der Waals surface area contributed by atoms with E-state index in [1.807, 2.05) is 18.5 Å². The maximum Gasteiger partial charge on any atom is 0.155 e. The largest absolute Gasteiger partial charge is 0.308 e. The average molecular weight is 364 g/mol. The van der Waals surface area contributed by atoms with Gasteiger partial charge in [0.05, 0.1) is 33.4 Å². The van der Waals surface area contributed by atoms with E-state index in [2.05, 4.69) is 26.3 Å². The summed E-state index contributed by atoms with van der Waals surface area (Å²) in [6.07, 6.45) is 4.23. The zero-order valence-electron chi connectivity index (χ0n) is 12.0. The van der Waals surface area contributed by atoms with Crippen molar-refractivity contribution in [2.75, 3.05) is 12.3 Å². The number of hydrogen-bond donors (Lipinski definition) is 1. The Morgan fingerprint density at radius 3 is 2.85 bits per heavy atom. The molecule has 0 saturated carbocycles. The molecule has 0 radical (unpaired) electrons. The van der Waals surface area contributed by atoms with Crippen LogP contribution in [0.3, 0.4) is 0 Å². The van der Waals surface area contributed by atoms with Crippen LogP contribution in [0.25, 0.3) is 0 Å². The summed E-state index contributed by atoms with van der Waals surface area (Å²) >= 11 is 3.51. The van der Waals surface area contributed by atoms with Crippen molar-refractivity contribution in [3.63, 3.8) is 0 Å². The van der Waals surface area contributed by atoms with Gasteiger partial charge in [0.2, 0.25) is 0 Å². The quantitative estimate of drug-likeness (QED) is 0.871. The highest BCUT2D eigenvalue weighted by Crippen LogP contribution is 2.34. The van der Waals surface area contributed by atoms with E-state index in [9.17, 15) is 8.42 Å². The van der Waals surface area contributed by atoms with Crippen molar-refractivity contribution in [3.05, 3.63) is 16.4 Å². The van der Waals surface area contributed by atoms with Gasteiger partial charge in [0, 0.05) is 6.54 Å². The molecule has 2 atom stereocenters. The first-order valence-electron chi connectivity index (χ1n) is 7.17. The predicted octanol–water partition coefficient (Wildman–Crippen LogP) is 2.28. The van der Waals surface area contributed by atoms with E-state index in [0.717, 1.165) is 42.5 Å². The van der Waals surface area contributed by atoms with Crippen LogP contribution in [0.1, 0.15) is 44.8 Å². The number of rotatable bonds is 5. The van der Waals surface area contributed by atoms with Gasteiger partial charge in [-0.05, 0) is 42.2 Å². The summed E-state index contributed by atoms with van der Waals surface area (Å²) in [6, 6.07) is -0.192. The summed E-state index contributed by atoms with van der Waals surface area (Å²) in [6.45, 7) is 5.48. The molecule has 0 aliphatic carbocycles. The summed E-state index contributed by atoms with van der Waals surface area (Å²) in [7, 11) is -3.04. The number of aryl methyl sites for hydroxylation is 1. The molecule has 1 aliphatic heterocycles. The predicted molar refractivity (Wildman–Crippen MR) is 83.4 cm³/mol. The van der Waals surface area contributed by atoms with Crippen LogP contribution in [0.2, 0.25) is 0 Å². The van der Waals surface area contributed by atoms with Crippen LogP contribution in [0, 0.1) is 0 Å². The third kappa shape index (κ3) is 3.09. The highest BCUT2D eigenvalue weighted by molar-refractivity contribution is 9.10. The van der Waals surface area contributed by atoms with E-state index in [-0.39, 0.29) is 11.3 Å². The Morgan fingerprint density at radius 2 is 2.25 bits per heavy atom. The molecule has 1 aromatic rings. The molecule has 1 fully saturated rings. The first-order valence-corrected chi connectivity index (χ1v) is 9.68. The topological polar surface area (TPSA) is 64.0 Å². The lowest BCUT2D eigenvalue weighted by Gasteiger charge is -2.31. The third-order valence-corrected chi connectivity index (χ3v) is 6.75. The van der Waals surface area contributed by atoms with Gasteiger partial charge in [-0.25, -0.2) is 8.42 Å². The van der Waals surface area contributed by atoms with Crippen LogP contribution >= 0.6 is 15.9 Å². The number of nitrogens with one attached hydrogen (secondary N) is 1. The van der Waals surface area contributed by atoms with E-state index in [1.165, 1.54) is 0 Å². The van der Waals surface area contributed by atoms with Crippen LogP contribution in [0.15, 0.2) is 10.7 Å². The smallest absolute Gasteiger partial charge is 0.155 e. The molecule has 0 amide bonds.